The highest BCUT2D eigenvalue weighted by Gasteiger charge is 2.15. The Kier molecular flexibility index (Phi) is 2.07. The molecule has 0 amide bonds. The first-order valence-electron chi connectivity index (χ1n) is 4.98. The van der Waals surface area contributed by atoms with E-state index in [4.69, 9.17) is 4.74 Å². The highest BCUT2D eigenvalue weighted by Crippen LogP contribution is 2.09. The number of anilines is 1. The van der Waals surface area contributed by atoms with Crippen molar-refractivity contribution in [2.24, 2.45) is 0 Å². The molecule has 0 atom stereocenters. The van der Waals surface area contributed by atoms with Gasteiger partial charge in [-0.15, -0.1) is 10.2 Å². The van der Waals surface area contributed by atoms with E-state index in [-0.39, 0.29) is 11.1 Å². The molecule has 1 fully saturated rings. The molecule has 8 nitrogen and oxygen atoms in total. The number of aromatic nitrogens is 5. The number of rotatable bonds is 1. The smallest absolute Gasteiger partial charge is 0.282 e. The molecule has 1 aliphatic rings. The second-order valence-electron chi connectivity index (χ2n) is 3.48. The fourth-order valence-corrected chi connectivity index (χ4v) is 1.67. The van der Waals surface area contributed by atoms with E-state index < -0.39 is 0 Å². The SMILES string of the molecule is O=c1[nH]c(N2CCOCC2)nc2n[nH]nc12. The fraction of sp³-hybridized carbons (Fsp3) is 0.500. The van der Waals surface area contributed by atoms with Crippen LogP contribution in [0.25, 0.3) is 11.2 Å². The van der Waals surface area contributed by atoms with Crippen LogP contribution < -0.4 is 10.5 Å². The molecule has 1 saturated heterocycles. The molecule has 0 aromatic carbocycles. The van der Waals surface area contributed by atoms with Crippen LogP contribution in [0.1, 0.15) is 0 Å². The zero-order valence-corrected chi connectivity index (χ0v) is 8.43. The van der Waals surface area contributed by atoms with Gasteiger partial charge in [0.25, 0.3) is 5.56 Å². The topological polar surface area (TPSA) is 99.8 Å². The number of nitrogens with zero attached hydrogens (tertiary/aromatic N) is 4. The Morgan fingerprint density at radius 2 is 2.06 bits per heavy atom. The molecule has 1 aliphatic heterocycles. The molecular formula is C8H10N6O2. The van der Waals surface area contributed by atoms with E-state index in [1.807, 2.05) is 4.90 Å². The van der Waals surface area contributed by atoms with Crippen molar-refractivity contribution in [3.63, 3.8) is 0 Å². The number of morpholine rings is 1. The van der Waals surface area contributed by atoms with Crippen LogP contribution in [0.5, 0.6) is 0 Å². The second kappa shape index (κ2) is 3.56. The van der Waals surface area contributed by atoms with Gasteiger partial charge >= 0.3 is 0 Å². The summed E-state index contributed by atoms with van der Waals surface area (Å²) in [6.07, 6.45) is 0. The number of H-pyrrole nitrogens is 2. The number of ether oxygens (including phenoxy) is 1. The van der Waals surface area contributed by atoms with Crippen molar-refractivity contribution in [2.75, 3.05) is 31.2 Å². The molecule has 2 aromatic heterocycles. The third-order valence-corrected chi connectivity index (χ3v) is 2.49. The van der Waals surface area contributed by atoms with Crippen molar-refractivity contribution in [2.45, 2.75) is 0 Å². The molecule has 0 spiro atoms. The molecule has 0 radical (unpaired) electrons. The lowest BCUT2D eigenvalue weighted by Crippen LogP contribution is -2.38. The van der Waals surface area contributed by atoms with Gasteiger partial charge in [-0.3, -0.25) is 9.78 Å². The van der Waals surface area contributed by atoms with Gasteiger partial charge in [-0.1, -0.05) is 0 Å². The summed E-state index contributed by atoms with van der Waals surface area (Å²) in [4.78, 5) is 20.5. The quantitative estimate of drug-likeness (QED) is 0.633. The van der Waals surface area contributed by atoms with Crippen molar-refractivity contribution < 1.29 is 4.74 Å². The number of aromatic amines is 2. The van der Waals surface area contributed by atoms with E-state index in [0.717, 1.165) is 0 Å². The average molecular weight is 222 g/mol. The van der Waals surface area contributed by atoms with Crippen LogP contribution in [0.15, 0.2) is 4.79 Å². The van der Waals surface area contributed by atoms with Crippen molar-refractivity contribution in [1.82, 2.24) is 25.4 Å². The van der Waals surface area contributed by atoms with E-state index in [2.05, 4.69) is 25.4 Å². The van der Waals surface area contributed by atoms with E-state index in [1.165, 1.54) is 0 Å². The Labute approximate surface area is 89.6 Å². The summed E-state index contributed by atoms with van der Waals surface area (Å²) < 4.78 is 5.23. The molecule has 16 heavy (non-hydrogen) atoms. The Balaban J connectivity index is 2.06. The maximum absolute atomic E-state index is 11.6. The van der Waals surface area contributed by atoms with Crippen LogP contribution >= 0.6 is 0 Å². The van der Waals surface area contributed by atoms with Crippen LogP contribution in [0.4, 0.5) is 5.95 Å². The zero-order valence-electron chi connectivity index (χ0n) is 8.43. The molecule has 0 unspecified atom stereocenters. The Morgan fingerprint density at radius 3 is 2.88 bits per heavy atom. The molecule has 84 valence electrons. The summed E-state index contributed by atoms with van der Waals surface area (Å²) in [6, 6.07) is 0. The number of fused-ring (bicyclic) bond motifs is 1. The van der Waals surface area contributed by atoms with Gasteiger partial charge in [-0.2, -0.15) is 10.2 Å². The average Bonchev–Trinajstić information content (AvgIpc) is 2.79. The fourth-order valence-electron chi connectivity index (χ4n) is 1.67. The van der Waals surface area contributed by atoms with Crippen LogP contribution in [0.3, 0.4) is 0 Å². The first-order valence-corrected chi connectivity index (χ1v) is 4.98. The lowest BCUT2D eigenvalue weighted by molar-refractivity contribution is 0.122. The molecule has 3 rings (SSSR count). The van der Waals surface area contributed by atoms with Crippen molar-refractivity contribution in [1.29, 1.82) is 0 Å². The predicted octanol–water partition coefficient (Wildman–Crippen LogP) is -1.12. The minimum absolute atomic E-state index is 0.233. The molecule has 3 heterocycles. The highest BCUT2D eigenvalue weighted by atomic mass is 16.5. The highest BCUT2D eigenvalue weighted by molar-refractivity contribution is 5.68. The molecule has 0 aliphatic carbocycles. The van der Waals surface area contributed by atoms with Gasteiger partial charge in [-0.05, 0) is 0 Å². The van der Waals surface area contributed by atoms with Crippen LogP contribution in [-0.4, -0.2) is 51.7 Å². The normalized spacial score (nSPS) is 16.9. The summed E-state index contributed by atoms with van der Waals surface area (Å²) >= 11 is 0. The lowest BCUT2D eigenvalue weighted by atomic mass is 10.4. The minimum Gasteiger partial charge on any atom is -0.378 e. The summed E-state index contributed by atoms with van der Waals surface area (Å²) in [7, 11) is 0. The summed E-state index contributed by atoms with van der Waals surface area (Å²) in [5, 5.41) is 9.91. The monoisotopic (exact) mass is 222 g/mol. The van der Waals surface area contributed by atoms with Gasteiger partial charge in [0.05, 0.1) is 13.2 Å². The minimum atomic E-state index is -0.278. The number of hydrogen-bond acceptors (Lipinski definition) is 6. The molecular weight excluding hydrogens is 212 g/mol. The Bertz CT molecular complexity index is 555. The maximum Gasteiger partial charge on any atom is 0.282 e. The summed E-state index contributed by atoms with van der Waals surface area (Å²) in [5.41, 5.74) is 0.294. The van der Waals surface area contributed by atoms with Gasteiger partial charge < -0.3 is 9.64 Å². The van der Waals surface area contributed by atoms with Crippen LogP contribution in [0, 0.1) is 0 Å². The Hall–Kier alpha value is -1.96. The van der Waals surface area contributed by atoms with Crippen LogP contribution in [-0.2, 0) is 4.74 Å². The van der Waals surface area contributed by atoms with Gasteiger partial charge in [0.1, 0.15) is 0 Å². The van der Waals surface area contributed by atoms with Gasteiger partial charge in [0, 0.05) is 13.1 Å². The van der Waals surface area contributed by atoms with E-state index >= 15 is 0 Å². The molecule has 0 bridgehead atoms. The van der Waals surface area contributed by atoms with Crippen LogP contribution in [0.2, 0.25) is 0 Å². The molecule has 8 heteroatoms. The second-order valence-corrected chi connectivity index (χ2v) is 3.48. The first-order chi connectivity index (χ1) is 7.84. The third-order valence-electron chi connectivity index (χ3n) is 2.49. The van der Waals surface area contributed by atoms with Crippen molar-refractivity contribution in [3.8, 4) is 0 Å². The largest absolute Gasteiger partial charge is 0.378 e. The van der Waals surface area contributed by atoms with Gasteiger partial charge in [-0.25, -0.2) is 0 Å². The maximum atomic E-state index is 11.6. The third kappa shape index (κ3) is 1.43. The van der Waals surface area contributed by atoms with E-state index in [1.54, 1.807) is 0 Å². The Morgan fingerprint density at radius 1 is 1.25 bits per heavy atom. The summed E-state index contributed by atoms with van der Waals surface area (Å²) in [5.74, 6) is 0.523. The molecule has 0 saturated carbocycles. The first kappa shape index (κ1) is 9.28. The van der Waals surface area contributed by atoms with Crippen molar-refractivity contribution >= 4 is 17.1 Å². The standard InChI is InChI=1S/C8H10N6O2/c15-7-5-6(12-13-11-5)9-8(10-7)14-1-3-16-4-2-14/h1-4H2,(H2,9,10,11,12,13,15). The predicted molar refractivity (Wildman–Crippen MR) is 55.3 cm³/mol. The summed E-state index contributed by atoms with van der Waals surface area (Å²) in [6.45, 7) is 2.71. The number of hydrogen-bond donors (Lipinski definition) is 2. The van der Waals surface area contributed by atoms with Gasteiger partial charge in [0.2, 0.25) is 11.6 Å². The van der Waals surface area contributed by atoms with Crippen molar-refractivity contribution in [3.05, 3.63) is 10.4 Å². The zero-order chi connectivity index (χ0) is 11.0. The molecule has 2 aromatic rings. The molecule has 2 N–H and O–H groups in total. The van der Waals surface area contributed by atoms with Gasteiger partial charge in [0.15, 0.2) is 5.52 Å². The van der Waals surface area contributed by atoms with E-state index in [9.17, 15) is 4.79 Å². The number of nitrogens with one attached hydrogen (secondary N) is 2. The lowest BCUT2D eigenvalue weighted by Gasteiger charge is -2.26. The van der Waals surface area contributed by atoms with E-state index in [0.29, 0.717) is 37.9 Å².